The molecular weight excluding hydrogens is 466 g/mol. The molecule has 2 fully saturated rings. The maximum Gasteiger partial charge on any atom is 0.411 e. The largest absolute Gasteiger partial charge is 0.444 e. The third kappa shape index (κ3) is 5.01. The fourth-order valence-electron chi connectivity index (χ4n) is 5.95. The second kappa shape index (κ2) is 9.60. The Balaban J connectivity index is 1.23. The zero-order chi connectivity index (χ0) is 26.4. The summed E-state index contributed by atoms with van der Waals surface area (Å²) in [4.78, 5) is 44.6. The Hall–Kier alpha value is -3.19. The van der Waals surface area contributed by atoms with Crippen LogP contribution in [-0.2, 0) is 4.74 Å². The van der Waals surface area contributed by atoms with Crippen molar-refractivity contribution in [2.45, 2.75) is 70.1 Å². The number of carbonyl (C=O) groups is 3. The number of benzene rings is 2. The molecule has 0 radical (unpaired) electrons. The van der Waals surface area contributed by atoms with Crippen molar-refractivity contribution in [1.29, 1.82) is 0 Å². The first-order chi connectivity index (χ1) is 17.6. The van der Waals surface area contributed by atoms with E-state index in [1.807, 2.05) is 31.7 Å². The third-order valence-corrected chi connectivity index (χ3v) is 7.99. The number of rotatable bonds is 6. The summed E-state index contributed by atoms with van der Waals surface area (Å²) >= 11 is 0. The van der Waals surface area contributed by atoms with Crippen molar-refractivity contribution < 1.29 is 19.1 Å². The van der Waals surface area contributed by atoms with Crippen molar-refractivity contribution in [3.8, 4) is 0 Å². The van der Waals surface area contributed by atoms with Crippen LogP contribution in [0, 0.1) is 0 Å². The van der Waals surface area contributed by atoms with Crippen molar-refractivity contribution in [2.75, 3.05) is 26.2 Å². The van der Waals surface area contributed by atoms with Crippen LogP contribution in [0.4, 0.5) is 4.79 Å². The Morgan fingerprint density at radius 3 is 2.08 bits per heavy atom. The third-order valence-electron chi connectivity index (χ3n) is 7.99. The molecule has 1 aliphatic carbocycles. The lowest BCUT2D eigenvalue weighted by Gasteiger charge is -2.43. The number of piperidine rings is 1. The molecule has 7 nitrogen and oxygen atoms in total. The van der Waals surface area contributed by atoms with E-state index in [9.17, 15) is 14.4 Å². The first-order valence-corrected chi connectivity index (χ1v) is 13.3. The quantitative estimate of drug-likeness (QED) is 0.523. The molecule has 1 saturated carbocycles. The van der Waals surface area contributed by atoms with Crippen LogP contribution in [0.2, 0.25) is 0 Å². The number of imide groups is 1. The molecule has 2 aromatic carbocycles. The maximum absolute atomic E-state index is 13.5. The molecule has 196 valence electrons. The number of amides is 3. The van der Waals surface area contributed by atoms with Crippen LogP contribution >= 0.6 is 0 Å². The predicted octanol–water partition coefficient (Wildman–Crippen LogP) is 4.93. The first kappa shape index (κ1) is 25.5. The molecule has 3 amide bonds. The molecule has 0 N–H and O–H groups in total. The number of fused-ring (bicyclic) bond motifs is 1. The van der Waals surface area contributed by atoms with Gasteiger partial charge in [0.2, 0.25) is 0 Å². The van der Waals surface area contributed by atoms with Crippen LogP contribution in [0.25, 0.3) is 0 Å². The average Bonchev–Trinajstić information content (AvgIpc) is 3.49. The molecule has 2 atom stereocenters. The van der Waals surface area contributed by atoms with Crippen molar-refractivity contribution in [3.05, 3.63) is 71.3 Å². The lowest BCUT2D eigenvalue weighted by atomic mass is 9.98. The highest BCUT2D eigenvalue weighted by molar-refractivity contribution is 6.21. The van der Waals surface area contributed by atoms with Crippen molar-refractivity contribution in [3.63, 3.8) is 0 Å². The summed E-state index contributed by atoms with van der Waals surface area (Å²) in [6.45, 7) is 10.5. The molecule has 7 heteroatoms. The Bertz CT molecular complexity index is 1150. The highest BCUT2D eigenvalue weighted by Gasteiger charge is 2.59. The van der Waals surface area contributed by atoms with Gasteiger partial charge in [0.05, 0.1) is 16.7 Å². The summed E-state index contributed by atoms with van der Waals surface area (Å²) in [6, 6.07) is 17.5. The number of hydrogen-bond acceptors (Lipinski definition) is 5. The van der Waals surface area contributed by atoms with Gasteiger partial charge in [-0.1, -0.05) is 42.5 Å². The molecule has 2 heterocycles. The van der Waals surface area contributed by atoms with Gasteiger partial charge >= 0.3 is 6.09 Å². The minimum atomic E-state index is -0.560. The van der Waals surface area contributed by atoms with E-state index in [2.05, 4.69) is 36.1 Å². The lowest BCUT2D eigenvalue weighted by Crippen LogP contribution is -2.54. The minimum absolute atomic E-state index is 0.0871. The van der Waals surface area contributed by atoms with E-state index in [0.29, 0.717) is 30.1 Å². The van der Waals surface area contributed by atoms with Crippen LogP contribution in [0.1, 0.15) is 79.2 Å². The van der Waals surface area contributed by atoms with Gasteiger partial charge in [-0.3, -0.25) is 19.4 Å². The van der Waals surface area contributed by atoms with Crippen molar-refractivity contribution in [1.82, 2.24) is 14.7 Å². The zero-order valence-corrected chi connectivity index (χ0v) is 22.3. The minimum Gasteiger partial charge on any atom is -0.444 e. The number of nitrogens with zero attached hydrogens (tertiary/aromatic N) is 3. The maximum atomic E-state index is 13.5. The molecule has 37 heavy (non-hydrogen) atoms. The lowest BCUT2D eigenvalue weighted by molar-refractivity contribution is -0.00763. The fourth-order valence-corrected chi connectivity index (χ4v) is 5.95. The topological polar surface area (TPSA) is 70.2 Å². The standard InChI is InChI=1S/C30H37N3O4/c1-29(2,3)37-28(36)33(30(4)20-25(30)21-10-6-5-7-11-21)22-14-16-31(17-15-22)18-19-32-26(34)23-12-8-9-13-24(23)27(32)35/h5-13,22,25H,14-20H2,1-4H3/t25-,30+/m0/s1. The van der Waals surface area contributed by atoms with E-state index in [4.69, 9.17) is 4.74 Å². The fraction of sp³-hybridized carbons (Fsp3) is 0.500. The van der Waals surface area contributed by atoms with Gasteiger partial charge in [-0.05, 0) is 64.7 Å². The molecule has 1 saturated heterocycles. The summed E-state index contributed by atoms with van der Waals surface area (Å²) in [5.74, 6) is -0.117. The summed E-state index contributed by atoms with van der Waals surface area (Å²) in [5, 5.41) is 0. The predicted molar refractivity (Wildman–Crippen MR) is 142 cm³/mol. The van der Waals surface area contributed by atoms with E-state index in [1.54, 1.807) is 24.3 Å². The van der Waals surface area contributed by atoms with Gasteiger partial charge in [-0.15, -0.1) is 0 Å². The molecule has 0 aromatic heterocycles. The molecular formula is C30H37N3O4. The van der Waals surface area contributed by atoms with E-state index < -0.39 is 5.60 Å². The van der Waals surface area contributed by atoms with E-state index in [0.717, 1.165) is 32.4 Å². The molecule has 5 rings (SSSR count). The smallest absolute Gasteiger partial charge is 0.411 e. The van der Waals surface area contributed by atoms with Crippen LogP contribution in [0.5, 0.6) is 0 Å². The average molecular weight is 504 g/mol. The van der Waals surface area contributed by atoms with E-state index in [1.165, 1.54) is 10.5 Å². The molecule has 2 aromatic rings. The Morgan fingerprint density at radius 1 is 0.946 bits per heavy atom. The number of ether oxygens (including phenoxy) is 1. The zero-order valence-electron chi connectivity index (χ0n) is 22.3. The Labute approximate surface area is 219 Å². The van der Waals surface area contributed by atoms with Crippen LogP contribution in [-0.4, -0.2) is 76.0 Å². The van der Waals surface area contributed by atoms with Gasteiger partial charge in [-0.25, -0.2) is 4.79 Å². The van der Waals surface area contributed by atoms with Gasteiger partial charge in [0.25, 0.3) is 11.8 Å². The first-order valence-electron chi connectivity index (χ1n) is 13.3. The van der Waals surface area contributed by atoms with Gasteiger partial charge in [0.1, 0.15) is 5.60 Å². The van der Waals surface area contributed by atoms with Gasteiger partial charge < -0.3 is 9.64 Å². The SMILES string of the molecule is CC(C)(C)OC(=O)N(C1CCN(CCN2C(=O)c3ccccc3C2=O)CC1)[C@]1(C)C[C@H]1c1ccccc1. The van der Waals surface area contributed by atoms with Crippen LogP contribution in [0.15, 0.2) is 54.6 Å². The second-order valence-corrected chi connectivity index (χ2v) is 11.8. The number of hydrogen-bond donors (Lipinski definition) is 0. The van der Waals surface area contributed by atoms with Crippen molar-refractivity contribution in [2.24, 2.45) is 0 Å². The van der Waals surface area contributed by atoms with Gasteiger partial charge in [-0.2, -0.15) is 0 Å². The van der Waals surface area contributed by atoms with E-state index in [-0.39, 0.29) is 29.5 Å². The monoisotopic (exact) mass is 503 g/mol. The molecule has 0 spiro atoms. The second-order valence-electron chi connectivity index (χ2n) is 11.8. The summed E-state index contributed by atoms with van der Waals surface area (Å²) < 4.78 is 5.89. The molecule has 0 bridgehead atoms. The molecule has 3 aliphatic rings. The van der Waals surface area contributed by atoms with Crippen LogP contribution in [0.3, 0.4) is 0 Å². The van der Waals surface area contributed by atoms with Crippen LogP contribution < -0.4 is 0 Å². The normalized spacial score (nSPS) is 24.2. The van der Waals surface area contributed by atoms with Gasteiger partial charge in [0.15, 0.2) is 0 Å². The Morgan fingerprint density at radius 2 is 1.51 bits per heavy atom. The number of likely N-dealkylation sites (tertiary alicyclic amines) is 1. The summed E-state index contributed by atoms with van der Waals surface area (Å²) in [6.07, 6.45) is 2.35. The highest BCUT2D eigenvalue weighted by Crippen LogP contribution is 2.56. The number of carbonyl (C=O) groups excluding carboxylic acids is 3. The molecule has 2 aliphatic heterocycles. The van der Waals surface area contributed by atoms with Gasteiger partial charge in [0, 0.05) is 38.1 Å². The molecule has 0 unspecified atom stereocenters. The van der Waals surface area contributed by atoms with Crippen molar-refractivity contribution >= 4 is 17.9 Å². The van der Waals surface area contributed by atoms with E-state index >= 15 is 0 Å². The highest BCUT2D eigenvalue weighted by atomic mass is 16.6. The summed E-state index contributed by atoms with van der Waals surface area (Å²) in [7, 11) is 0. The summed E-state index contributed by atoms with van der Waals surface area (Å²) in [5.41, 5.74) is 1.42. The Kier molecular flexibility index (Phi) is 6.61.